The molecule has 6 atom stereocenters. The number of allylic oxidation sites excluding steroid dienone is 3. The molecule has 0 unspecified atom stereocenters. The molecule has 0 radical (unpaired) electrons. The van der Waals surface area contributed by atoms with Gasteiger partial charge in [-0.25, -0.2) is 4.79 Å². The first-order valence-electron chi connectivity index (χ1n) is 11.5. The Hall–Kier alpha value is -2.02. The molecule has 0 aromatic carbocycles. The standard InChI is InChI=1S/C26H35NO3/c1-6-24(2,3)27-22(28)21-10-9-19-18-8-7-17-15-16(23(29)30)11-13-25(17,4)20(18)12-14-26(19,21)5/h1,7,15,18-21H,8-14H2,2-5H3,(H,27,28)(H,29,30)/t18-,19-,20-,21+,25-,26-/m0/s1. The third-order valence-corrected chi connectivity index (χ3v) is 9.16. The van der Waals surface area contributed by atoms with Crippen LogP contribution in [0.25, 0.3) is 0 Å². The normalized spacial score (nSPS) is 40.1. The number of terminal acetylenes is 1. The largest absolute Gasteiger partial charge is 0.478 e. The van der Waals surface area contributed by atoms with Gasteiger partial charge in [0.05, 0.1) is 5.54 Å². The first-order chi connectivity index (χ1) is 14.0. The molecule has 162 valence electrons. The molecule has 2 N–H and O–H groups in total. The van der Waals surface area contributed by atoms with Crippen molar-refractivity contribution in [2.75, 3.05) is 0 Å². The summed E-state index contributed by atoms with van der Waals surface area (Å²) in [5.41, 5.74) is 1.25. The Labute approximate surface area is 180 Å². The highest BCUT2D eigenvalue weighted by Crippen LogP contribution is 2.66. The van der Waals surface area contributed by atoms with Crippen LogP contribution in [0, 0.1) is 46.8 Å². The number of hydrogen-bond donors (Lipinski definition) is 2. The van der Waals surface area contributed by atoms with Crippen LogP contribution in [0.5, 0.6) is 0 Å². The summed E-state index contributed by atoms with van der Waals surface area (Å²) in [6, 6.07) is 0. The van der Waals surface area contributed by atoms with E-state index in [0.29, 0.717) is 29.7 Å². The molecule has 0 spiro atoms. The fraction of sp³-hybridized carbons (Fsp3) is 0.692. The summed E-state index contributed by atoms with van der Waals surface area (Å²) in [6.07, 6.45) is 16.6. The fourth-order valence-corrected chi connectivity index (χ4v) is 7.36. The number of fused-ring (bicyclic) bond motifs is 5. The number of aliphatic carboxylic acids is 1. The van der Waals surface area contributed by atoms with E-state index >= 15 is 0 Å². The van der Waals surface area contributed by atoms with Crippen LogP contribution in [0.1, 0.15) is 72.6 Å². The second-order valence-corrected chi connectivity index (χ2v) is 11.1. The molecule has 0 aliphatic heterocycles. The summed E-state index contributed by atoms with van der Waals surface area (Å²) in [7, 11) is 0. The van der Waals surface area contributed by atoms with Crippen molar-refractivity contribution < 1.29 is 14.7 Å². The third kappa shape index (κ3) is 3.13. The minimum atomic E-state index is -0.782. The van der Waals surface area contributed by atoms with Gasteiger partial charge in [-0.2, -0.15) is 0 Å². The number of carbonyl (C=O) groups is 2. The van der Waals surface area contributed by atoms with E-state index in [1.807, 2.05) is 19.9 Å². The van der Waals surface area contributed by atoms with Crippen LogP contribution in [0.2, 0.25) is 0 Å². The molecule has 0 aromatic heterocycles. The second-order valence-electron chi connectivity index (χ2n) is 11.1. The highest BCUT2D eigenvalue weighted by atomic mass is 16.4. The van der Waals surface area contributed by atoms with Crippen molar-refractivity contribution >= 4 is 11.9 Å². The van der Waals surface area contributed by atoms with Crippen molar-refractivity contribution in [3.8, 4) is 12.3 Å². The second kappa shape index (κ2) is 7.01. The van der Waals surface area contributed by atoms with E-state index in [9.17, 15) is 14.7 Å². The molecule has 4 aliphatic carbocycles. The van der Waals surface area contributed by atoms with Gasteiger partial charge >= 0.3 is 5.97 Å². The first kappa shape index (κ1) is 21.2. The molecule has 1 amide bonds. The Bertz CT molecular complexity index is 875. The van der Waals surface area contributed by atoms with Gasteiger partial charge in [0.1, 0.15) is 0 Å². The smallest absolute Gasteiger partial charge is 0.331 e. The average Bonchev–Trinajstić information content (AvgIpc) is 3.04. The summed E-state index contributed by atoms with van der Waals surface area (Å²) in [6.45, 7) is 8.45. The number of rotatable bonds is 3. The van der Waals surface area contributed by atoms with Gasteiger partial charge < -0.3 is 10.4 Å². The minimum Gasteiger partial charge on any atom is -0.478 e. The van der Waals surface area contributed by atoms with Crippen LogP contribution in [-0.4, -0.2) is 22.5 Å². The van der Waals surface area contributed by atoms with Crippen LogP contribution in [0.15, 0.2) is 23.3 Å². The van der Waals surface area contributed by atoms with Crippen molar-refractivity contribution in [2.45, 2.75) is 78.2 Å². The van der Waals surface area contributed by atoms with Gasteiger partial charge in [-0.05, 0) is 99.0 Å². The van der Waals surface area contributed by atoms with Gasteiger partial charge in [0.25, 0.3) is 0 Å². The molecule has 4 aliphatic rings. The van der Waals surface area contributed by atoms with Crippen molar-refractivity contribution in [2.24, 2.45) is 34.5 Å². The van der Waals surface area contributed by atoms with E-state index in [-0.39, 0.29) is 22.7 Å². The number of carbonyl (C=O) groups excluding carboxylic acids is 1. The summed E-state index contributed by atoms with van der Waals surface area (Å²) in [5.74, 6) is 3.74. The highest BCUT2D eigenvalue weighted by molar-refractivity contribution is 5.87. The minimum absolute atomic E-state index is 0.0222. The topological polar surface area (TPSA) is 66.4 Å². The summed E-state index contributed by atoms with van der Waals surface area (Å²) >= 11 is 0. The first-order valence-corrected chi connectivity index (χ1v) is 11.5. The Morgan fingerprint density at radius 3 is 2.60 bits per heavy atom. The molecule has 4 rings (SSSR count). The predicted octanol–water partition coefficient (Wildman–Crippen LogP) is 4.71. The molecule has 0 aromatic rings. The Balaban J connectivity index is 1.59. The van der Waals surface area contributed by atoms with E-state index in [4.69, 9.17) is 6.42 Å². The molecule has 4 heteroatoms. The van der Waals surface area contributed by atoms with Crippen molar-refractivity contribution in [3.63, 3.8) is 0 Å². The van der Waals surface area contributed by atoms with Gasteiger partial charge in [-0.1, -0.05) is 25.8 Å². The summed E-state index contributed by atoms with van der Waals surface area (Å²) in [4.78, 5) is 24.6. The van der Waals surface area contributed by atoms with Gasteiger partial charge in [-0.3, -0.25) is 4.79 Å². The molecule has 2 fully saturated rings. The van der Waals surface area contributed by atoms with Crippen molar-refractivity contribution in [1.29, 1.82) is 0 Å². The van der Waals surface area contributed by atoms with E-state index in [1.54, 1.807) is 0 Å². The maximum atomic E-state index is 13.1. The summed E-state index contributed by atoms with van der Waals surface area (Å²) < 4.78 is 0. The van der Waals surface area contributed by atoms with Crippen LogP contribution >= 0.6 is 0 Å². The van der Waals surface area contributed by atoms with Crippen LogP contribution in [0.3, 0.4) is 0 Å². The molecule has 4 nitrogen and oxygen atoms in total. The van der Waals surface area contributed by atoms with Crippen LogP contribution < -0.4 is 5.32 Å². The van der Waals surface area contributed by atoms with Crippen molar-refractivity contribution in [1.82, 2.24) is 5.32 Å². The molecular formula is C26H35NO3. The number of amides is 1. The van der Waals surface area contributed by atoms with E-state index < -0.39 is 11.5 Å². The van der Waals surface area contributed by atoms with Crippen LogP contribution in [0.4, 0.5) is 0 Å². The SMILES string of the molecule is C#CC(C)(C)NC(=O)[C@H]1CC[C@H]2[C@@H]3CC=C4C=C(C(=O)O)CC[C@]4(C)[C@H]3CC[C@]12C. The highest BCUT2D eigenvalue weighted by Gasteiger charge is 2.59. The van der Waals surface area contributed by atoms with Crippen molar-refractivity contribution in [3.05, 3.63) is 23.3 Å². The Kier molecular flexibility index (Phi) is 4.96. The zero-order valence-corrected chi connectivity index (χ0v) is 18.8. The predicted molar refractivity (Wildman–Crippen MR) is 117 cm³/mol. The lowest BCUT2D eigenvalue weighted by Gasteiger charge is -2.57. The van der Waals surface area contributed by atoms with Gasteiger partial charge in [0.2, 0.25) is 5.91 Å². The van der Waals surface area contributed by atoms with E-state index in [0.717, 1.165) is 38.5 Å². The lowest BCUT2D eigenvalue weighted by Crippen LogP contribution is -2.53. The third-order valence-electron chi connectivity index (χ3n) is 9.16. The molecular weight excluding hydrogens is 374 g/mol. The number of nitrogens with one attached hydrogen (secondary N) is 1. The van der Waals surface area contributed by atoms with Gasteiger partial charge in [-0.15, -0.1) is 6.42 Å². The number of carboxylic acids is 1. The van der Waals surface area contributed by atoms with Crippen LogP contribution in [-0.2, 0) is 9.59 Å². The maximum Gasteiger partial charge on any atom is 0.331 e. The Morgan fingerprint density at radius 2 is 1.93 bits per heavy atom. The van der Waals surface area contributed by atoms with E-state index in [1.165, 1.54) is 5.57 Å². The number of hydrogen-bond acceptors (Lipinski definition) is 2. The van der Waals surface area contributed by atoms with Gasteiger partial charge in [0, 0.05) is 11.5 Å². The maximum absolute atomic E-state index is 13.1. The van der Waals surface area contributed by atoms with E-state index in [2.05, 4.69) is 31.2 Å². The lowest BCUT2D eigenvalue weighted by atomic mass is 9.48. The lowest BCUT2D eigenvalue weighted by molar-refractivity contribution is -0.133. The van der Waals surface area contributed by atoms with Gasteiger partial charge in [0.15, 0.2) is 0 Å². The Morgan fingerprint density at radius 1 is 1.20 bits per heavy atom. The zero-order valence-electron chi connectivity index (χ0n) is 18.8. The summed E-state index contributed by atoms with van der Waals surface area (Å²) in [5, 5.41) is 12.5. The quantitative estimate of drug-likeness (QED) is 0.663. The molecule has 2 saturated carbocycles. The number of carboxylic acid groups (broad SMARTS) is 1. The monoisotopic (exact) mass is 409 g/mol. The average molecular weight is 410 g/mol. The molecule has 0 heterocycles. The zero-order chi connectivity index (χ0) is 21.9. The molecule has 0 saturated heterocycles. The molecule has 0 bridgehead atoms. The molecule has 30 heavy (non-hydrogen) atoms. The fourth-order valence-electron chi connectivity index (χ4n) is 7.36.